The zero-order chi connectivity index (χ0) is 74.5. The van der Waals surface area contributed by atoms with Gasteiger partial charge in [-0.15, -0.1) is 0 Å². The van der Waals surface area contributed by atoms with E-state index in [0.29, 0.717) is 63.5 Å². The number of carbonyl (C=O) groups is 7. The van der Waals surface area contributed by atoms with Gasteiger partial charge in [0.2, 0.25) is 14.2 Å². The third kappa shape index (κ3) is 16.3. The molecular formula is C82H74N7O16PSi. The molecule has 2 aromatic heterocycles. The average molecular weight is 1470 g/mol. The molecule has 6 atom stereocenters. The molecule has 2 fully saturated rings. The number of nitrogens with zero attached hydrogens (tertiary/aromatic N) is 5. The van der Waals surface area contributed by atoms with Crippen molar-refractivity contribution in [3.63, 3.8) is 0 Å². The van der Waals surface area contributed by atoms with Gasteiger partial charge in [0.05, 0.1) is 52.3 Å². The Morgan fingerprint density at radius 1 is 0.505 bits per heavy atom. The van der Waals surface area contributed by atoms with Crippen molar-refractivity contribution in [2.75, 3.05) is 18.5 Å². The first kappa shape index (κ1) is 73.4. The summed E-state index contributed by atoms with van der Waals surface area (Å²) in [5, 5.41) is 5.64. The molecular weight excluding hydrogens is 1400 g/mol. The molecule has 2 N–H and O–H groups in total. The predicted molar refractivity (Wildman–Crippen MR) is 398 cm³/mol. The highest BCUT2D eigenvalue weighted by Gasteiger charge is 2.55. The minimum atomic E-state index is -4.98. The number of likely N-dealkylation sites (tertiary alicyclic amines) is 1. The molecule has 0 saturated carbocycles. The molecule has 23 nitrogen and oxygen atoms in total. The van der Waals surface area contributed by atoms with Gasteiger partial charge in [-0.25, -0.2) is 43.5 Å². The molecule has 11 aromatic rings. The van der Waals surface area contributed by atoms with E-state index in [1.54, 1.807) is 243 Å². The second-order valence-corrected chi connectivity index (χ2v) is 32.1. The number of carbonyl (C=O) groups excluding carboxylic acids is 7. The second-order valence-electron chi connectivity index (χ2n) is 25.4. The van der Waals surface area contributed by atoms with Crippen molar-refractivity contribution in [1.29, 1.82) is 0 Å². The molecule has 2 amide bonds. The summed E-state index contributed by atoms with van der Waals surface area (Å²) in [4.78, 5) is 115. The molecule has 0 aliphatic carbocycles. The minimum absolute atomic E-state index is 0.0341. The van der Waals surface area contributed by atoms with Gasteiger partial charge < -0.3 is 38.0 Å². The smallest absolute Gasteiger partial charge is 0.425 e. The van der Waals surface area contributed by atoms with E-state index in [-0.39, 0.29) is 58.3 Å². The van der Waals surface area contributed by atoms with E-state index in [4.69, 9.17) is 37.2 Å². The summed E-state index contributed by atoms with van der Waals surface area (Å²) in [6.07, 6.45) is -2.93. The maximum atomic E-state index is 16.6. The fourth-order valence-corrected chi connectivity index (χ4v) is 19.7. The van der Waals surface area contributed by atoms with Gasteiger partial charge in [0, 0.05) is 12.1 Å². The van der Waals surface area contributed by atoms with Crippen molar-refractivity contribution in [3.8, 4) is 17.2 Å². The maximum Gasteiger partial charge on any atom is 0.425 e. The highest BCUT2D eigenvalue weighted by molar-refractivity contribution is 7.54. The van der Waals surface area contributed by atoms with Crippen LogP contribution in [0.1, 0.15) is 119 Å². The van der Waals surface area contributed by atoms with Gasteiger partial charge in [0.15, 0.2) is 35.4 Å². The molecule has 25 heteroatoms. The second kappa shape index (κ2) is 33.1. The first-order valence-electron chi connectivity index (χ1n) is 35.0. The van der Waals surface area contributed by atoms with Gasteiger partial charge >= 0.3 is 37.6 Å². The number of fused-ring (bicyclic) bond motifs is 1. The Kier molecular flexibility index (Phi) is 22.7. The highest BCUT2D eigenvalue weighted by atomic mass is 31.2. The number of amides is 2. The van der Waals surface area contributed by atoms with E-state index in [1.165, 1.54) is 29.4 Å². The van der Waals surface area contributed by atoms with Crippen LogP contribution in [0.15, 0.2) is 267 Å². The van der Waals surface area contributed by atoms with Crippen LogP contribution < -0.4 is 24.6 Å². The fraction of sp³-hybridized carbons (Fsp3) is 0.195. The Morgan fingerprint density at radius 3 is 1.33 bits per heavy atom. The van der Waals surface area contributed by atoms with Crippen LogP contribution in [0.25, 0.3) is 11.2 Å². The quantitative estimate of drug-likeness (QED) is 0.0159. The summed E-state index contributed by atoms with van der Waals surface area (Å²) in [7, 11) is -8.11. The summed E-state index contributed by atoms with van der Waals surface area (Å²) in [6, 6.07) is 70.9. The average Bonchev–Trinajstić information content (AvgIpc) is 1.72. The lowest BCUT2D eigenvalue weighted by Crippen LogP contribution is -2.55. The molecule has 2 saturated heterocycles. The number of esters is 5. The number of rotatable bonds is 27. The number of nitrogens with one attached hydrogen (secondary N) is 2. The molecule has 1 unspecified atom stereocenters. The summed E-state index contributed by atoms with van der Waals surface area (Å²) in [5.41, 5.74) is 1.85. The van der Waals surface area contributed by atoms with Crippen molar-refractivity contribution >= 4 is 74.7 Å². The SMILES string of the molecule is CC[Si](CC)(CC)OP(=O)(NC(=O)[C@@H]1CCCN1C(c1ccc(OC(=O)c2ccccc2)cc1)(c1ccc(OC(=O)c2ccccc2)cc1)c1ccc(OC(=O)c2ccccc2)cc1)OC[C@H]1O[C@@H](n2cnc3c(NC(=O)c4ccccc4)ncnc32)[C@H](OC(=O)c2ccccc2)[C@@H]1OC(=O)c1ccccc1. The van der Waals surface area contributed by atoms with Crippen molar-refractivity contribution in [3.05, 3.63) is 318 Å². The number of benzene rings is 9. The molecule has 4 heterocycles. The molecule has 107 heavy (non-hydrogen) atoms. The number of aromatic nitrogens is 4. The van der Waals surface area contributed by atoms with Crippen molar-refractivity contribution in [2.45, 2.75) is 87.9 Å². The van der Waals surface area contributed by atoms with Gasteiger partial charge in [-0.05, 0) is 157 Å². The van der Waals surface area contributed by atoms with Crippen molar-refractivity contribution < 1.29 is 75.3 Å². The number of anilines is 1. The topological polar surface area (TPSA) is 281 Å². The van der Waals surface area contributed by atoms with E-state index in [0.717, 1.165) is 0 Å². The van der Waals surface area contributed by atoms with E-state index < -0.39 is 100 Å². The van der Waals surface area contributed by atoms with Gasteiger partial charge in [-0.2, -0.15) is 0 Å². The normalized spacial score (nSPS) is 17.1. The van der Waals surface area contributed by atoms with Crippen LogP contribution in [-0.4, -0.2) is 112 Å². The van der Waals surface area contributed by atoms with Gasteiger partial charge in [-0.3, -0.25) is 28.7 Å². The van der Waals surface area contributed by atoms with E-state index >= 15 is 9.36 Å². The third-order valence-corrected chi connectivity index (χ3v) is 26.4. The van der Waals surface area contributed by atoms with Crippen LogP contribution in [0, 0.1) is 0 Å². The van der Waals surface area contributed by atoms with Crippen molar-refractivity contribution in [2.24, 2.45) is 0 Å². The van der Waals surface area contributed by atoms with Crippen LogP contribution in [0.2, 0.25) is 18.1 Å². The zero-order valence-electron chi connectivity index (χ0n) is 58.5. The minimum Gasteiger partial charge on any atom is -0.452 e. The molecule has 2 aliphatic heterocycles. The van der Waals surface area contributed by atoms with Crippen LogP contribution in [0.3, 0.4) is 0 Å². The van der Waals surface area contributed by atoms with E-state index in [9.17, 15) is 28.8 Å². The van der Waals surface area contributed by atoms with Crippen LogP contribution in [0.4, 0.5) is 5.82 Å². The largest absolute Gasteiger partial charge is 0.452 e. The number of ether oxygens (including phenoxy) is 6. The molecule has 2 aliphatic rings. The summed E-state index contributed by atoms with van der Waals surface area (Å²) >= 11 is 0. The monoisotopic (exact) mass is 1470 g/mol. The molecule has 0 radical (unpaired) electrons. The number of imidazole rings is 1. The molecule has 0 bridgehead atoms. The first-order chi connectivity index (χ1) is 52.1. The first-order valence-corrected chi connectivity index (χ1v) is 39.0. The number of hydrogen-bond donors (Lipinski definition) is 2. The Balaban J connectivity index is 0.893. The lowest BCUT2D eigenvalue weighted by Gasteiger charge is -2.46. The standard InChI is InChI=1S/C82H74N7O16PSi/c1-4-107(5-2,6-3)105-106(97,98-52-68-70(103-80(95)59-34-21-11-22-35-59)71(104-81(96)60-36-23-12-24-37-60)76(102-68)88-54-85-69-72(83-53-84-73(69)88)86-74(90)55-26-13-7-14-27-55)87-75(91)67-38-25-51-89(67)82(61-39-45-64(46-40-61)99-77(92)56-28-15-8-16-29-56,62-41-47-65(48-42-62)100-78(93)57-30-17-9-18-31-57)63-43-49-66(50-44-63)101-79(94)58-32-19-10-20-33-58/h7-24,26-37,39-50,53-54,67-68,70-71,76H,4-6,25,38,51-52H2,1-3H3,(H,87,91,97)(H,83,84,86,90)/t67-,68+,70+,71+,76+,106?/m0/s1. The number of hydrogen-bond acceptors (Lipinski definition) is 20. The zero-order valence-corrected chi connectivity index (χ0v) is 60.3. The molecule has 13 rings (SSSR count). The predicted octanol–water partition coefficient (Wildman–Crippen LogP) is 14.8. The van der Waals surface area contributed by atoms with Crippen molar-refractivity contribution in [1.82, 2.24) is 29.5 Å². The summed E-state index contributed by atoms with van der Waals surface area (Å²) in [6.45, 7) is 5.23. The summed E-state index contributed by atoms with van der Waals surface area (Å²) < 4.78 is 69.1. The third-order valence-electron chi connectivity index (χ3n) is 19.1. The van der Waals surface area contributed by atoms with Crippen LogP contribution in [-0.2, 0) is 37.8 Å². The van der Waals surface area contributed by atoms with Crippen LogP contribution in [0.5, 0.6) is 17.2 Å². The van der Waals surface area contributed by atoms with E-state index in [2.05, 4.69) is 25.4 Å². The van der Waals surface area contributed by atoms with Gasteiger partial charge in [0.1, 0.15) is 29.7 Å². The summed E-state index contributed by atoms with van der Waals surface area (Å²) in [5.74, 6) is -4.12. The van der Waals surface area contributed by atoms with E-state index in [1.807, 2.05) is 25.7 Å². The molecule has 0 spiro atoms. The maximum absolute atomic E-state index is 16.6. The lowest BCUT2D eigenvalue weighted by molar-refractivity contribution is -0.125. The Labute approximate surface area is 617 Å². The Hall–Kier alpha value is -11.9. The highest BCUT2D eigenvalue weighted by Crippen LogP contribution is 2.53. The van der Waals surface area contributed by atoms with Crippen LogP contribution >= 0.6 is 7.75 Å². The Bertz CT molecular complexity index is 4770. The van der Waals surface area contributed by atoms with Gasteiger partial charge in [0.25, 0.3) is 5.91 Å². The molecule has 542 valence electrons. The van der Waals surface area contributed by atoms with Gasteiger partial charge in [-0.1, -0.05) is 166 Å². The lowest BCUT2D eigenvalue weighted by atomic mass is 9.75. The fourth-order valence-electron chi connectivity index (χ4n) is 13.4. The Morgan fingerprint density at radius 2 is 0.907 bits per heavy atom. The molecule has 9 aromatic carbocycles.